The van der Waals surface area contributed by atoms with Gasteiger partial charge in [-0.25, -0.2) is 0 Å². The molecule has 0 N–H and O–H groups in total. The Labute approximate surface area is 98.7 Å². The van der Waals surface area contributed by atoms with Crippen LogP contribution in [0.15, 0.2) is 24.5 Å². The van der Waals surface area contributed by atoms with E-state index >= 15 is 0 Å². The van der Waals surface area contributed by atoms with Crippen molar-refractivity contribution < 1.29 is 18.9 Å². The van der Waals surface area contributed by atoms with Crippen LogP contribution in [0.5, 0.6) is 17.2 Å². The van der Waals surface area contributed by atoms with Crippen molar-refractivity contribution in [2.75, 3.05) is 21.3 Å². The van der Waals surface area contributed by atoms with Crippen LogP contribution in [0.3, 0.4) is 0 Å². The average molecular weight is 235 g/mol. The maximum absolute atomic E-state index is 11.5. The average Bonchev–Trinajstić information content (AvgIpc) is 2.36. The molecule has 0 atom stereocenters. The SMILES string of the molecule is COc1ccc(OC)c2c(OC)c[n+]([O-])cc12. The highest BCUT2D eigenvalue weighted by Gasteiger charge is 2.16. The third kappa shape index (κ3) is 1.80. The van der Waals surface area contributed by atoms with Gasteiger partial charge in [-0.15, -0.1) is 0 Å². The molecule has 90 valence electrons. The number of methoxy groups -OCH3 is 3. The fourth-order valence-corrected chi connectivity index (χ4v) is 1.81. The first-order valence-corrected chi connectivity index (χ1v) is 5.02. The topological polar surface area (TPSA) is 54.6 Å². The van der Waals surface area contributed by atoms with E-state index in [4.69, 9.17) is 14.2 Å². The highest BCUT2D eigenvalue weighted by molar-refractivity contribution is 5.96. The van der Waals surface area contributed by atoms with E-state index in [1.54, 1.807) is 26.4 Å². The van der Waals surface area contributed by atoms with Crippen LogP contribution in [0.2, 0.25) is 0 Å². The minimum Gasteiger partial charge on any atom is -0.619 e. The van der Waals surface area contributed by atoms with Crippen LogP contribution in [0.25, 0.3) is 10.8 Å². The van der Waals surface area contributed by atoms with Gasteiger partial charge in [0.1, 0.15) is 11.5 Å². The molecular weight excluding hydrogens is 222 g/mol. The van der Waals surface area contributed by atoms with Crippen LogP contribution in [0, 0.1) is 5.21 Å². The first kappa shape index (κ1) is 11.3. The molecular formula is C12H13NO4. The molecule has 0 unspecified atom stereocenters. The van der Waals surface area contributed by atoms with Gasteiger partial charge in [-0.2, -0.15) is 4.73 Å². The molecule has 2 aromatic rings. The van der Waals surface area contributed by atoms with Crippen LogP contribution in [-0.4, -0.2) is 21.3 Å². The van der Waals surface area contributed by atoms with Crippen molar-refractivity contribution >= 4 is 10.8 Å². The Morgan fingerprint density at radius 3 is 2.06 bits per heavy atom. The van der Waals surface area contributed by atoms with E-state index < -0.39 is 0 Å². The lowest BCUT2D eigenvalue weighted by Gasteiger charge is -2.12. The summed E-state index contributed by atoms with van der Waals surface area (Å²) in [6.07, 6.45) is 2.78. The van der Waals surface area contributed by atoms with Gasteiger partial charge in [-0.1, -0.05) is 0 Å². The zero-order valence-electron chi connectivity index (χ0n) is 9.89. The number of benzene rings is 1. The third-order valence-electron chi connectivity index (χ3n) is 2.57. The first-order valence-electron chi connectivity index (χ1n) is 5.02. The molecule has 5 heteroatoms. The predicted octanol–water partition coefficient (Wildman–Crippen LogP) is 1.50. The molecule has 0 aliphatic heterocycles. The number of pyridine rings is 1. The second-order valence-corrected chi connectivity index (χ2v) is 3.45. The van der Waals surface area contributed by atoms with Gasteiger partial charge in [-0.05, 0) is 12.1 Å². The molecule has 17 heavy (non-hydrogen) atoms. The summed E-state index contributed by atoms with van der Waals surface area (Å²) < 4.78 is 16.4. The molecule has 0 radical (unpaired) electrons. The van der Waals surface area contributed by atoms with Crippen molar-refractivity contribution in [1.82, 2.24) is 0 Å². The van der Waals surface area contributed by atoms with E-state index in [0.717, 1.165) is 5.39 Å². The van der Waals surface area contributed by atoms with Crippen LogP contribution >= 0.6 is 0 Å². The predicted molar refractivity (Wildman–Crippen MR) is 62.6 cm³/mol. The summed E-state index contributed by atoms with van der Waals surface area (Å²) in [5.41, 5.74) is 0. The normalized spacial score (nSPS) is 10.3. The Balaban J connectivity index is 2.89. The summed E-state index contributed by atoms with van der Waals surface area (Å²) >= 11 is 0. The molecule has 0 spiro atoms. The van der Waals surface area contributed by atoms with Gasteiger partial charge in [0, 0.05) is 0 Å². The Morgan fingerprint density at radius 1 is 0.882 bits per heavy atom. The Hall–Kier alpha value is -2.17. The van der Waals surface area contributed by atoms with Gasteiger partial charge in [0.05, 0.1) is 32.1 Å². The van der Waals surface area contributed by atoms with Gasteiger partial charge in [0.25, 0.3) is 0 Å². The first-order chi connectivity index (χ1) is 8.21. The molecule has 1 aromatic heterocycles. The standard InChI is InChI=1S/C12H13NO4/c1-15-9-4-5-10(16-2)12-8(9)6-13(14)7-11(12)17-3/h4-7H,1-3H3. The molecule has 0 aliphatic carbocycles. The molecule has 2 rings (SSSR count). The maximum Gasteiger partial charge on any atom is 0.223 e. The van der Waals surface area contributed by atoms with E-state index in [1.807, 2.05) is 0 Å². The zero-order chi connectivity index (χ0) is 12.4. The van der Waals surface area contributed by atoms with Crippen molar-refractivity contribution in [3.05, 3.63) is 29.7 Å². The maximum atomic E-state index is 11.5. The van der Waals surface area contributed by atoms with Crippen molar-refractivity contribution in [3.8, 4) is 17.2 Å². The Bertz CT molecular complexity index is 554. The lowest BCUT2D eigenvalue weighted by molar-refractivity contribution is -0.604. The number of hydrogen-bond donors (Lipinski definition) is 0. The number of hydrogen-bond acceptors (Lipinski definition) is 4. The summed E-state index contributed by atoms with van der Waals surface area (Å²) in [5, 5.41) is 12.8. The fourth-order valence-electron chi connectivity index (χ4n) is 1.81. The highest BCUT2D eigenvalue weighted by atomic mass is 16.5. The summed E-state index contributed by atoms with van der Waals surface area (Å²) in [5.74, 6) is 1.69. The van der Waals surface area contributed by atoms with Gasteiger partial charge < -0.3 is 19.4 Å². The number of rotatable bonds is 3. The summed E-state index contributed by atoms with van der Waals surface area (Å²) in [6.45, 7) is 0. The van der Waals surface area contributed by atoms with Gasteiger partial charge in [0.2, 0.25) is 6.20 Å². The van der Waals surface area contributed by atoms with E-state index in [-0.39, 0.29) is 0 Å². The fraction of sp³-hybridized carbons (Fsp3) is 0.250. The van der Waals surface area contributed by atoms with E-state index in [1.165, 1.54) is 19.5 Å². The molecule has 1 heterocycles. The number of nitrogens with zero attached hydrogens (tertiary/aromatic N) is 1. The third-order valence-corrected chi connectivity index (χ3v) is 2.57. The Kier molecular flexibility index (Phi) is 2.91. The summed E-state index contributed by atoms with van der Waals surface area (Å²) in [6, 6.07) is 3.53. The van der Waals surface area contributed by atoms with Crippen molar-refractivity contribution in [2.24, 2.45) is 0 Å². The van der Waals surface area contributed by atoms with Crippen LogP contribution in [0.4, 0.5) is 0 Å². The Morgan fingerprint density at radius 2 is 1.47 bits per heavy atom. The zero-order valence-corrected chi connectivity index (χ0v) is 9.89. The summed E-state index contributed by atoms with van der Waals surface area (Å²) in [4.78, 5) is 0. The lowest BCUT2D eigenvalue weighted by atomic mass is 10.1. The lowest BCUT2D eigenvalue weighted by Crippen LogP contribution is -2.24. The number of ether oxygens (including phenoxy) is 3. The molecule has 1 aromatic carbocycles. The largest absolute Gasteiger partial charge is 0.619 e. The minimum atomic E-state index is 0.452. The highest BCUT2D eigenvalue weighted by Crippen LogP contribution is 2.37. The van der Waals surface area contributed by atoms with Gasteiger partial charge in [0.15, 0.2) is 11.9 Å². The molecule has 0 aliphatic rings. The molecule has 0 fully saturated rings. The van der Waals surface area contributed by atoms with E-state index in [2.05, 4.69) is 0 Å². The molecule has 0 bridgehead atoms. The van der Waals surface area contributed by atoms with E-state index in [0.29, 0.717) is 27.4 Å². The summed E-state index contributed by atoms with van der Waals surface area (Å²) in [7, 11) is 4.63. The van der Waals surface area contributed by atoms with Crippen molar-refractivity contribution in [2.45, 2.75) is 0 Å². The van der Waals surface area contributed by atoms with Gasteiger partial charge in [-0.3, -0.25) is 0 Å². The second-order valence-electron chi connectivity index (χ2n) is 3.45. The molecule has 0 amide bonds. The van der Waals surface area contributed by atoms with Crippen molar-refractivity contribution in [1.29, 1.82) is 0 Å². The molecule has 0 saturated carbocycles. The van der Waals surface area contributed by atoms with Crippen LogP contribution < -0.4 is 18.9 Å². The second kappa shape index (κ2) is 4.37. The van der Waals surface area contributed by atoms with Crippen molar-refractivity contribution in [3.63, 3.8) is 0 Å². The van der Waals surface area contributed by atoms with E-state index in [9.17, 15) is 5.21 Å². The van der Waals surface area contributed by atoms with Gasteiger partial charge >= 0.3 is 0 Å². The quantitative estimate of drug-likeness (QED) is 0.597. The molecule has 0 saturated heterocycles. The monoisotopic (exact) mass is 235 g/mol. The van der Waals surface area contributed by atoms with Crippen LogP contribution in [-0.2, 0) is 0 Å². The van der Waals surface area contributed by atoms with Crippen LogP contribution in [0.1, 0.15) is 0 Å². The number of aromatic nitrogens is 1. The smallest absolute Gasteiger partial charge is 0.223 e. The number of fused-ring (bicyclic) bond motifs is 1. The molecule has 5 nitrogen and oxygen atoms in total. The minimum absolute atomic E-state index is 0.452.